The van der Waals surface area contributed by atoms with Crippen LogP contribution in [0.4, 0.5) is 0 Å². The first-order valence-corrected chi connectivity index (χ1v) is 17.5. The summed E-state index contributed by atoms with van der Waals surface area (Å²) in [7, 11) is 0. The molecule has 7 nitrogen and oxygen atoms in total. The molecular formula is C37H55Cl2N3O4. The van der Waals surface area contributed by atoms with E-state index >= 15 is 0 Å². The monoisotopic (exact) mass is 675 g/mol. The van der Waals surface area contributed by atoms with Crippen molar-refractivity contribution in [3.8, 4) is 6.07 Å². The number of hydrogen-bond donors (Lipinski definition) is 2. The summed E-state index contributed by atoms with van der Waals surface area (Å²) in [5.74, 6) is 2.20. The molecular weight excluding hydrogens is 621 g/mol. The highest BCUT2D eigenvalue weighted by atomic mass is 35.5. The third-order valence-corrected chi connectivity index (χ3v) is 9.71. The van der Waals surface area contributed by atoms with E-state index in [-0.39, 0.29) is 37.5 Å². The van der Waals surface area contributed by atoms with Crippen LogP contribution in [-0.2, 0) is 22.3 Å². The maximum atomic E-state index is 9.86. The molecule has 0 amide bonds. The van der Waals surface area contributed by atoms with Crippen LogP contribution in [0.25, 0.3) is 0 Å². The van der Waals surface area contributed by atoms with Gasteiger partial charge in [0, 0.05) is 48.3 Å². The molecule has 2 aromatic carbocycles. The van der Waals surface area contributed by atoms with E-state index in [4.69, 9.17) is 37.9 Å². The average molecular weight is 677 g/mol. The number of benzene rings is 2. The summed E-state index contributed by atoms with van der Waals surface area (Å²) in [4.78, 5) is 4.74. The number of hydrogen-bond acceptors (Lipinski definition) is 7. The van der Waals surface area contributed by atoms with Gasteiger partial charge in [0.2, 0.25) is 0 Å². The topological polar surface area (TPSA) is 89.2 Å². The zero-order chi connectivity index (χ0) is 33.8. The summed E-state index contributed by atoms with van der Waals surface area (Å²) in [5, 5.41) is 30.1. The number of aliphatic hydroxyl groups is 2. The van der Waals surface area contributed by atoms with E-state index in [2.05, 4.69) is 63.5 Å². The van der Waals surface area contributed by atoms with Crippen LogP contribution in [0.1, 0.15) is 58.2 Å². The van der Waals surface area contributed by atoms with Crippen LogP contribution in [0.2, 0.25) is 10.0 Å². The fraction of sp³-hybridized carbons (Fsp3) is 0.649. The number of likely N-dealkylation sites (tertiary alicyclic amines) is 2. The highest BCUT2D eigenvalue weighted by Gasteiger charge is 2.35. The molecule has 6 atom stereocenters. The van der Waals surface area contributed by atoms with Crippen LogP contribution in [-0.4, -0.2) is 96.9 Å². The SMILES string of the molecule is CC(C)OCC1CN(C(CO)Cc2cc(Cl)cc(C#N)c2)CC1C.CC(C)OCC1CN(C(CO)Cc2cccc(Cl)c2)CC1C. The Labute approximate surface area is 287 Å². The third kappa shape index (κ3) is 12.4. The molecule has 2 aliphatic heterocycles. The molecule has 2 heterocycles. The summed E-state index contributed by atoms with van der Waals surface area (Å²) in [5.41, 5.74) is 2.74. The van der Waals surface area contributed by atoms with E-state index in [1.807, 2.05) is 30.3 Å². The molecule has 256 valence electrons. The summed E-state index contributed by atoms with van der Waals surface area (Å²) in [6.45, 7) is 18.6. The van der Waals surface area contributed by atoms with E-state index in [1.165, 1.54) is 5.56 Å². The Bertz CT molecular complexity index is 1240. The Kier molecular flexibility index (Phi) is 16.3. The molecule has 2 aromatic rings. The van der Waals surface area contributed by atoms with Gasteiger partial charge < -0.3 is 19.7 Å². The molecule has 46 heavy (non-hydrogen) atoms. The Balaban J connectivity index is 0.000000251. The molecule has 2 N–H and O–H groups in total. The second-order valence-corrected chi connectivity index (χ2v) is 14.7. The zero-order valence-corrected chi connectivity index (χ0v) is 30.1. The molecule has 2 aliphatic rings. The molecule has 6 unspecified atom stereocenters. The van der Waals surface area contributed by atoms with E-state index in [9.17, 15) is 10.2 Å². The summed E-state index contributed by atoms with van der Waals surface area (Å²) in [6, 6.07) is 15.7. The Morgan fingerprint density at radius 1 is 0.761 bits per heavy atom. The molecule has 2 saturated heterocycles. The molecule has 9 heteroatoms. The normalized spacial score (nSPS) is 23.4. The quantitative estimate of drug-likeness (QED) is 0.241. The fourth-order valence-electron chi connectivity index (χ4n) is 6.47. The van der Waals surface area contributed by atoms with Crippen molar-refractivity contribution in [3.05, 3.63) is 69.2 Å². The number of nitriles is 1. The van der Waals surface area contributed by atoms with Gasteiger partial charge in [0.15, 0.2) is 0 Å². The van der Waals surface area contributed by atoms with Crippen LogP contribution in [0.15, 0.2) is 42.5 Å². The molecule has 0 spiro atoms. The van der Waals surface area contributed by atoms with Gasteiger partial charge in [0.05, 0.1) is 50.3 Å². The summed E-state index contributed by atoms with van der Waals surface area (Å²) < 4.78 is 11.6. The molecule has 0 aromatic heterocycles. The van der Waals surface area contributed by atoms with Gasteiger partial charge in [0.1, 0.15) is 0 Å². The summed E-state index contributed by atoms with van der Waals surface area (Å²) in [6.07, 6.45) is 2.05. The van der Waals surface area contributed by atoms with Gasteiger partial charge in [-0.1, -0.05) is 49.2 Å². The fourth-order valence-corrected chi connectivity index (χ4v) is 6.94. The van der Waals surface area contributed by atoms with Crippen molar-refractivity contribution in [2.75, 3.05) is 52.6 Å². The van der Waals surface area contributed by atoms with Crippen LogP contribution >= 0.6 is 23.2 Å². The molecule has 0 bridgehead atoms. The third-order valence-electron chi connectivity index (χ3n) is 9.25. The minimum absolute atomic E-state index is 0.0431. The van der Waals surface area contributed by atoms with Crippen molar-refractivity contribution in [2.24, 2.45) is 23.7 Å². The van der Waals surface area contributed by atoms with Gasteiger partial charge >= 0.3 is 0 Å². The molecule has 4 rings (SSSR count). The number of halogens is 2. The van der Waals surface area contributed by atoms with Gasteiger partial charge in [-0.15, -0.1) is 0 Å². The number of rotatable bonds is 14. The lowest BCUT2D eigenvalue weighted by atomic mass is 9.99. The van der Waals surface area contributed by atoms with Gasteiger partial charge in [-0.3, -0.25) is 9.80 Å². The Morgan fingerprint density at radius 3 is 1.72 bits per heavy atom. The van der Waals surface area contributed by atoms with Crippen molar-refractivity contribution in [1.82, 2.24) is 9.80 Å². The second-order valence-electron chi connectivity index (χ2n) is 13.8. The van der Waals surface area contributed by atoms with Gasteiger partial charge in [-0.05, 0) is 106 Å². The number of aliphatic hydroxyl groups excluding tert-OH is 2. The second kappa shape index (κ2) is 19.3. The predicted molar refractivity (Wildman–Crippen MR) is 187 cm³/mol. The maximum absolute atomic E-state index is 9.86. The largest absolute Gasteiger partial charge is 0.395 e. The predicted octanol–water partition coefficient (Wildman–Crippen LogP) is 6.34. The standard InChI is InChI=1S/C19H27ClN2O2.C18H28ClNO2/c1-13(2)24-12-17-10-22(9-14(17)3)19(11-23)7-15-4-16(8-21)6-18(20)5-15;1-13(2)22-12-16-10-20(9-14(16)3)18(11-21)8-15-5-4-6-17(19)7-15/h4-6,13-14,17,19,23H,7,9-12H2,1-3H3;4-7,13-14,16,18,21H,8-12H2,1-3H3. The van der Waals surface area contributed by atoms with E-state index < -0.39 is 0 Å². The highest BCUT2D eigenvalue weighted by Crippen LogP contribution is 2.28. The Hall–Kier alpha value is -1.73. The van der Waals surface area contributed by atoms with Gasteiger partial charge in [-0.25, -0.2) is 0 Å². The van der Waals surface area contributed by atoms with Crippen molar-refractivity contribution in [1.29, 1.82) is 5.26 Å². The first kappa shape index (κ1) is 38.7. The van der Waals surface area contributed by atoms with E-state index in [0.29, 0.717) is 40.7 Å². The first-order chi connectivity index (χ1) is 21.9. The molecule has 0 radical (unpaired) electrons. The zero-order valence-electron chi connectivity index (χ0n) is 28.5. The minimum atomic E-state index is 0.0431. The van der Waals surface area contributed by atoms with Gasteiger partial charge in [0.25, 0.3) is 0 Å². The Morgan fingerprint density at radius 2 is 1.26 bits per heavy atom. The lowest BCUT2D eigenvalue weighted by molar-refractivity contribution is 0.0434. The smallest absolute Gasteiger partial charge is 0.0992 e. The average Bonchev–Trinajstić information content (AvgIpc) is 3.57. The highest BCUT2D eigenvalue weighted by molar-refractivity contribution is 6.31. The number of nitrogens with zero attached hydrogens (tertiary/aromatic N) is 3. The summed E-state index contributed by atoms with van der Waals surface area (Å²) >= 11 is 12.1. The molecule has 0 aliphatic carbocycles. The first-order valence-electron chi connectivity index (χ1n) is 16.8. The molecule has 2 fully saturated rings. The van der Waals surface area contributed by atoms with Crippen molar-refractivity contribution < 1.29 is 19.7 Å². The van der Waals surface area contributed by atoms with Crippen LogP contribution < -0.4 is 0 Å². The maximum Gasteiger partial charge on any atom is 0.0992 e. The van der Waals surface area contributed by atoms with Crippen molar-refractivity contribution in [2.45, 2.75) is 78.7 Å². The molecule has 0 saturated carbocycles. The lowest BCUT2D eigenvalue weighted by Crippen LogP contribution is -2.38. The van der Waals surface area contributed by atoms with Gasteiger partial charge in [-0.2, -0.15) is 5.26 Å². The minimum Gasteiger partial charge on any atom is -0.395 e. The van der Waals surface area contributed by atoms with Crippen LogP contribution in [0, 0.1) is 35.0 Å². The van der Waals surface area contributed by atoms with Crippen molar-refractivity contribution in [3.63, 3.8) is 0 Å². The van der Waals surface area contributed by atoms with E-state index in [1.54, 1.807) is 6.07 Å². The van der Waals surface area contributed by atoms with Crippen LogP contribution in [0.3, 0.4) is 0 Å². The lowest BCUT2D eigenvalue weighted by Gasteiger charge is -2.26. The number of ether oxygens (including phenoxy) is 2. The van der Waals surface area contributed by atoms with Crippen LogP contribution in [0.5, 0.6) is 0 Å². The van der Waals surface area contributed by atoms with Crippen molar-refractivity contribution >= 4 is 23.2 Å². The van der Waals surface area contributed by atoms with E-state index in [0.717, 1.165) is 56.4 Å².